The summed E-state index contributed by atoms with van der Waals surface area (Å²) < 4.78 is 0.534. The van der Waals surface area contributed by atoms with Crippen molar-refractivity contribution < 1.29 is 14.5 Å². The number of hydrogen-bond acceptors (Lipinski definition) is 6. The highest BCUT2D eigenvalue weighted by Crippen LogP contribution is 2.22. The van der Waals surface area contributed by atoms with Gasteiger partial charge in [-0.1, -0.05) is 35.9 Å². The second-order valence-electron chi connectivity index (χ2n) is 6.47. The number of amides is 2. The number of benzene rings is 2. The number of anilines is 1. The second kappa shape index (κ2) is 9.96. The molecule has 1 heterocycles. The molecule has 3 rings (SSSR count). The molecule has 0 bridgehead atoms. The first-order chi connectivity index (χ1) is 14.8. The van der Waals surface area contributed by atoms with E-state index in [-0.39, 0.29) is 23.9 Å². The van der Waals surface area contributed by atoms with Crippen molar-refractivity contribution in [2.75, 3.05) is 5.32 Å². The summed E-state index contributed by atoms with van der Waals surface area (Å²) in [5, 5.41) is 17.6. The molecule has 0 aliphatic carbocycles. The van der Waals surface area contributed by atoms with Gasteiger partial charge in [0.2, 0.25) is 5.91 Å². The zero-order chi connectivity index (χ0) is 22.4. The molecule has 2 N–H and O–H groups in total. The van der Waals surface area contributed by atoms with Crippen LogP contribution in [0.1, 0.15) is 27.7 Å². The van der Waals surface area contributed by atoms with E-state index in [1.807, 2.05) is 0 Å². The molecule has 8 nitrogen and oxygen atoms in total. The van der Waals surface area contributed by atoms with Crippen LogP contribution >= 0.6 is 22.9 Å². The number of non-ortho nitro benzene ring substituents is 1. The largest absolute Gasteiger partial charge is 0.321 e. The fourth-order valence-electron chi connectivity index (χ4n) is 2.62. The van der Waals surface area contributed by atoms with Crippen LogP contribution in [-0.2, 0) is 11.2 Å². The fourth-order valence-corrected chi connectivity index (χ4v) is 3.56. The molecule has 10 heteroatoms. The van der Waals surface area contributed by atoms with Crippen LogP contribution in [0.4, 0.5) is 11.4 Å². The Hall–Kier alpha value is -3.56. The van der Waals surface area contributed by atoms with Crippen molar-refractivity contribution in [3.63, 3.8) is 0 Å². The number of nitrogens with zero attached hydrogens (tertiary/aromatic N) is 2. The number of hydrogen-bond donors (Lipinski definition) is 2. The van der Waals surface area contributed by atoms with Crippen molar-refractivity contribution in [1.82, 2.24) is 5.43 Å². The minimum absolute atomic E-state index is 0.0350. The molecule has 0 aliphatic heterocycles. The maximum atomic E-state index is 12.3. The first-order valence-corrected chi connectivity index (χ1v) is 10.2. The van der Waals surface area contributed by atoms with E-state index in [1.165, 1.54) is 35.6 Å². The van der Waals surface area contributed by atoms with Crippen LogP contribution in [0.25, 0.3) is 0 Å². The predicted octanol–water partition coefficient (Wildman–Crippen LogP) is 4.64. The number of carbonyl (C=O) groups excluding carboxylic acids is 2. The number of nitrogens with one attached hydrogen (secondary N) is 2. The van der Waals surface area contributed by atoms with E-state index in [1.54, 1.807) is 43.3 Å². The summed E-state index contributed by atoms with van der Waals surface area (Å²) >= 11 is 7.05. The van der Waals surface area contributed by atoms with Gasteiger partial charge in [-0.25, -0.2) is 5.43 Å². The lowest BCUT2D eigenvalue weighted by atomic mass is 10.1. The Morgan fingerprint density at radius 1 is 1.13 bits per heavy atom. The number of nitro groups is 1. The maximum absolute atomic E-state index is 12.3. The Morgan fingerprint density at radius 2 is 1.87 bits per heavy atom. The summed E-state index contributed by atoms with van der Waals surface area (Å²) in [5.74, 6) is -0.618. The van der Waals surface area contributed by atoms with Crippen molar-refractivity contribution in [3.8, 4) is 0 Å². The third-order valence-corrected chi connectivity index (χ3v) is 5.43. The Bertz CT molecular complexity index is 1160. The minimum Gasteiger partial charge on any atom is -0.321 e. The third-order valence-electron chi connectivity index (χ3n) is 4.20. The van der Waals surface area contributed by atoms with Gasteiger partial charge in [0.15, 0.2) is 0 Å². The lowest BCUT2D eigenvalue weighted by Crippen LogP contribution is -2.21. The Labute approximate surface area is 186 Å². The molecule has 0 saturated heterocycles. The zero-order valence-corrected chi connectivity index (χ0v) is 17.9. The standard InChI is InChI=1S/C21H17ClN4O4S/c1-13(24-25-20(27)11-14-5-7-17(8-6-14)26(29)30)15-3-2-4-16(12-15)23-21(28)18-9-10-19(22)31-18/h2-10,12H,11H2,1H3,(H,23,28)(H,25,27)/b24-13+. The van der Waals surface area contributed by atoms with Gasteiger partial charge in [-0.05, 0) is 42.3 Å². The Balaban J connectivity index is 1.60. The monoisotopic (exact) mass is 456 g/mol. The molecule has 0 atom stereocenters. The van der Waals surface area contributed by atoms with Crippen molar-refractivity contribution >= 4 is 51.8 Å². The molecular formula is C21H17ClN4O4S. The molecule has 2 amide bonds. The average Bonchev–Trinajstić information content (AvgIpc) is 3.19. The van der Waals surface area contributed by atoms with Gasteiger partial charge in [-0.15, -0.1) is 11.3 Å². The highest BCUT2D eigenvalue weighted by atomic mass is 35.5. The molecular weight excluding hydrogens is 440 g/mol. The number of hydrazone groups is 1. The summed E-state index contributed by atoms with van der Waals surface area (Å²) in [4.78, 5) is 35.1. The molecule has 1 aromatic heterocycles. The molecule has 31 heavy (non-hydrogen) atoms. The molecule has 3 aromatic rings. The smallest absolute Gasteiger partial charge is 0.269 e. The number of rotatable bonds is 7. The minimum atomic E-state index is -0.496. The Morgan fingerprint density at radius 3 is 2.52 bits per heavy atom. The molecule has 0 unspecified atom stereocenters. The van der Waals surface area contributed by atoms with E-state index in [0.717, 1.165) is 5.56 Å². The van der Waals surface area contributed by atoms with Gasteiger partial charge in [0, 0.05) is 17.8 Å². The molecule has 158 valence electrons. The first-order valence-electron chi connectivity index (χ1n) is 9.05. The van der Waals surface area contributed by atoms with Gasteiger partial charge in [0.1, 0.15) is 0 Å². The van der Waals surface area contributed by atoms with Crippen molar-refractivity contribution in [2.24, 2.45) is 5.10 Å². The van der Waals surface area contributed by atoms with Crippen LogP contribution < -0.4 is 10.7 Å². The molecule has 2 aromatic carbocycles. The zero-order valence-electron chi connectivity index (χ0n) is 16.3. The number of thiophene rings is 1. The van der Waals surface area contributed by atoms with Crippen molar-refractivity contribution in [2.45, 2.75) is 13.3 Å². The normalized spacial score (nSPS) is 11.1. The molecule has 0 aliphatic rings. The van der Waals surface area contributed by atoms with Gasteiger partial charge in [-0.3, -0.25) is 19.7 Å². The van der Waals surface area contributed by atoms with Gasteiger partial charge in [0.05, 0.1) is 26.3 Å². The van der Waals surface area contributed by atoms with Crippen LogP contribution in [0.2, 0.25) is 4.34 Å². The van der Waals surface area contributed by atoms with E-state index in [2.05, 4.69) is 15.8 Å². The van der Waals surface area contributed by atoms with E-state index >= 15 is 0 Å². The van der Waals surface area contributed by atoms with Gasteiger partial charge in [0.25, 0.3) is 11.6 Å². The highest BCUT2D eigenvalue weighted by Gasteiger charge is 2.10. The highest BCUT2D eigenvalue weighted by molar-refractivity contribution is 7.18. The lowest BCUT2D eigenvalue weighted by Gasteiger charge is -2.07. The van der Waals surface area contributed by atoms with Crippen LogP contribution in [0.15, 0.2) is 65.8 Å². The van der Waals surface area contributed by atoms with Crippen LogP contribution in [0, 0.1) is 10.1 Å². The first kappa shape index (κ1) is 22.1. The van der Waals surface area contributed by atoms with Gasteiger partial charge >= 0.3 is 0 Å². The van der Waals surface area contributed by atoms with E-state index < -0.39 is 4.92 Å². The molecule has 0 fully saturated rings. The van der Waals surface area contributed by atoms with Crippen LogP contribution in [0.3, 0.4) is 0 Å². The summed E-state index contributed by atoms with van der Waals surface area (Å²) in [6.45, 7) is 1.73. The molecule has 0 radical (unpaired) electrons. The van der Waals surface area contributed by atoms with Crippen molar-refractivity contribution in [1.29, 1.82) is 0 Å². The third kappa shape index (κ3) is 6.21. The maximum Gasteiger partial charge on any atom is 0.269 e. The summed E-state index contributed by atoms with van der Waals surface area (Å²) in [6, 6.07) is 16.1. The quantitative estimate of drug-likeness (QED) is 0.306. The number of nitro benzene ring substituents is 1. The summed E-state index contributed by atoms with van der Waals surface area (Å²) in [6.07, 6.45) is 0.0360. The van der Waals surface area contributed by atoms with Gasteiger partial charge in [-0.2, -0.15) is 5.10 Å². The predicted molar refractivity (Wildman–Crippen MR) is 121 cm³/mol. The van der Waals surface area contributed by atoms with Crippen LogP contribution in [-0.4, -0.2) is 22.4 Å². The van der Waals surface area contributed by atoms with Crippen LogP contribution in [0.5, 0.6) is 0 Å². The van der Waals surface area contributed by atoms with E-state index in [0.29, 0.717) is 26.2 Å². The second-order valence-corrected chi connectivity index (χ2v) is 8.19. The topological polar surface area (TPSA) is 114 Å². The summed E-state index contributed by atoms with van der Waals surface area (Å²) in [7, 11) is 0. The molecule has 0 saturated carbocycles. The number of carbonyl (C=O) groups is 2. The van der Waals surface area contributed by atoms with E-state index in [9.17, 15) is 19.7 Å². The summed E-state index contributed by atoms with van der Waals surface area (Å²) in [5.41, 5.74) is 4.92. The van der Waals surface area contributed by atoms with Gasteiger partial charge < -0.3 is 5.32 Å². The fraction of sp³-hybridized carbons (Fsp3) is 0.0952. The Kier molecular flexibility index (Phi) is 7.11. The van der Waals surface area contributed by atoms with E-state index in [4.69, 9.17) is 11.6 Å². The number of halogens is 1. The molecule has 0 spiro atoms. The van der Waals surface area contributed by atoms with Crippen molar-refractivity contribution in [3.05, 3.63) is 91.1 Å². The lowest BCUT2D eigenvalue weighted by molar-refractivity contribution is -0.384. The SMILES string of the molecule is C/C(=N\NC(=O)Cc1ccc([N+](=O)[O-])cc1)c1cccc(NC(=O)c2ccc(Cl)s2)c1. The average molecular weight is 457 g/mol.